The van der Waals surface area contributed by atoms with Gasteiger partial charge in [0.25, 0.3) is 0 Å². The second-order valence-electron chi connectivity index (χ2n) is 15.6. The quantitative estimate of drug-likeness (QED) is 0.154. The number of hydrogen-bond acceptors (Lipinski definition) is 4. The molecule has 8 aromatic rings. The topological polar surface area (TPSA) is 49.8 Å². The molecule has 4 nitrogen and oxygen atoms in total. The van der Waals surface area contributed by atoms with E-state index in [1.807, 2.05) is 24.5 Å². The highest BCUT2D eigenvalue weighted by molar-refractivity contribution is 6.13. The SMILES string of the molecule is CC(C)c1cccc(C(C)C)c1Nc1cccc2ccc3cccnc3c12.CC(C)c1cccc(C(C)C)c1Nc1cccc2ccc3cccnc3c12. The Balaban J connectivity index is 0.000000167. The first-order chi connectivity index (χ1) is 26.1. The summed E-state index contributed by atoms with van der Waals surface area (Å²) in [6.07, 6.45) is 3.75. The van der Waals surface area contributed by atoms with Crippen molar-refractivity contribution in [1.29, 1.82) is 0 Å². The lowest BCUT2D eigenvalue weighted by molar-refractivity contribution is 0.838. The molecule has 0 aliphatic rings. The fraction of sp³-hybridized carbons (Fsp3) is 0.240. The van der Waals surface area contributed by atoms with Crippen molar-refractivity contribution < 1.29 is 0 Å². The number of rotatable bonds is 8. The van der Waals surface area contributed by atoms with Gasteiger partial charge in [-0.2, -0.15) is 0 Å². The molecule has 2 aromatic heterocycles. The Morgan fingerprint density at radius 2 is 0.667 bits per heavy atom. The first-order valence-corrected chi connectivity index (χ1v) is 19.4. The summed E-state index contributed by atoms with van der Waals surface area (Å²) < 4.78 is 0. The highest BCUT2D eigenvalue weighted by Gasteiger charge is 2.17. The number of nitrogens with zero attached hydrogens (tertiary/aromatic N) is 2. The second kappa shape index (κ2) is 15.7. The molecule has 0 radical (unpaired) electrons. The molecule has 0 saturated heterocycles. The van der Waals surface area contributed by atoms with Gasteiger partial charge < -0.3 is 10.6 Å². The zero-order chi connectivity index (χ0) is 37.9. The molecule has 0 aliphatic heterocycles. The van der Waals surface area contributed by atoms with E-state index in [-0.39, 0.29) is 0 Å². The number of fused-ring (bicyclic) bond motifs is 6. The Kier molecular flexibility index (Phi) is 10.6. The summed E-state index contributed by atoms with van der Waals surface area (Å²) in [6.45, 7) is 18.0. The van der Waals surface area contributed by atoms with Crippen molar-refractivity contribution in [1.82, 2.24) is 9.97 Å². The van der Waals surface area contributed by atoms with E-state index >= 15 is 0 Å². The van der Waals surface area contributed by atoms with Gasteiger partial charge in [0.2, 0.25) is 0 Å². The number of pyridine rings is 2. The molecule has 0 amide bonds. The van der Waals surface area contributed by atoms with Gasteiger partial charge in [0.05, 0.1) is 11.0 Å². The fourth-order valence-corrected chi connectivity index (χ4v) is 7.70. The molecule has 0 saturated carbocycles. The molecule has 0 atom stereocenters. The number of nitrogens with one attached hydrogen (secondary N) is 2. The van der Waals surface area contributed by atoms with Gasteiger partial charge in [-0.3, -0.25) is 9.97 Å². The van der Waals surface area contributed by atoms with Crippen molar-refractivity contribution in [3.05, 3.63) is 156 Å². The van der Waals surface area contributed by atoms with E-state index in [0.29, 0.717) is 23.7 Å². The molecule has 272 valence electrons. The third-order valence-corrected chi connectivity index (χ3v) is 10.5. The van der Waals surface area contributed by atoms with Crippen LogP contribution in [0.15, 0.2) is 134 Å². The van der Waals surface area contributed by atoms with Crippen molar-refractivity contribution in [2.75, 3.05) is 10.6 Å². The van der Waals surface area contributed by atoms with Gasteiger partial charge in [0.15, 0.2) is 0 Å². The molecular formula is C50H52N4. The van der Waals surface area contributed by atoms with Crippen LogP contribution in [0.25, 0.3) is 43.4 Å². The Morgan fingerprint density at radius 3 is 1.02 bits per heavy atom. The molecule has 54 heavy (non-hydrogen) atoms. The Morgan fingerprint density at radius 1 is 0.352 bits per heavy atom. The average molecular weight is 709 g/mol. The first kappa shape index (κ1) is 36.6. The molecule has 0 fully saturated rings. The third kappa shape index (κ3) is 7.26. The molecule has 8 rings (SSSR count). The molecule has 2 N–H and O–H groups in total. The van der Waals surface area contributed by atoms with E-state index in [1.165, 1.54) is 65.9 Å². The van der Waals surface area contributed by atoms with E-state index < -0.39 is 0 Å². The van der Waals surface area contributed by atoms with Crippen LogP contribution in [0.5, 0.6) is 0 Å². The maximum Gasteiger partial charge on any atom is 0.0801 e. The highest BCUT2D eigenvalue weighted by Crippen LogP contribution is 2.40. The summed E-state index contributed by atoms with van der Waals surface area (Å²) in [7, 11) is 0. The number of para-hydroxylation sites is 2. The van der Waals surface area contributed by atoms with Gasteiger partial charge in [0.1, 0.15) is 0 Å². The summed E-state index contributed by atoms with van der Waals surface area (Å²) >= 11 is 0. The van der Waals surface area contributed by atoms with Crippen LogP contribution in [0.2, 0.25) is 0 Å². The highest BCUT2D eigenvalue weighted by atomic mass is 14.9. The van der Waals surface area contributed by atoms with Gasteiger partial charge in [-0.1, -0.05) is 152 Å². The minimum atomic E-state index is 0.455. The molecule has 6 aromatic carbocycles. The summed E-state index contributed by atoms with van der Waals surface area (Å²) in [5.74, 6) is 1.82. The maximum absolute atomic E-state index is 4.69. The smallest absolute Gasteiger partial charge is 0.0801 e. The zero-order valence-electron chi connectivity index (χ0n) is 32.9. The number of anilines is 4. The lowest BCUT2D eigenvalue weighted by Gasteiger charge is -2.22. The number of aromatic nitrogens is 2. The molecular weight excluding hydrogens is 657 g/mol. The lowest BCUT2D eigenvalue weighted by atomic mass is 9.92. The van der Waals surface area contributed by atoms with Crippen molar-refractivity contribution in [3.8, 4) is 0 Å². The number of hydrogen-bond donors (Lipinski definition) is 2. The van der Waals surface area contributed by atoms with Crippen LogP contribution in [-0.2, 0) is 0 Å². The van der Waals surface area contributed by atoms with Gasteiger partial charge in [-0.05, 0) is 81.0 Å². The average Bonchev–Trinajstić information content (AvgIpc) is 3.17. The summed E-state index contributed by atoms with van der Waals surface area (Å²) in [6, 6.07) is 43.1. The van der Waals surface area contributed by atoms with Crippen molar-refractivity contribution in [2.24, 2.45) is 0 Å². The molecule has 0 spiro atoms. The minimum absolute atomic E-state index is 0.455. The monoisotopic (exact) mass is 708 g/mol. The van der Waals surface area contributed by atoms with Crippen molar-refractivity contribution in [3.63, 3.8) is 0 Å². The summed E-state index contributed by atoms with van der Waals surface area (Å²) in [4.78, 5) is 9.37. The fourth-order valence-electron chi connectivity index (χ4n) is 7.70. The third-order valence-electron chi connectivity index (χ3n) is 10.5. The predicted octanol–water partition coefficient (Wildman–Crippen LogP) is 14.8. The molecule has 0 unspecified atom stereocenters. The molecule has 0 bridgehead atoms. The van der Waals surface area contributed by atoms with E-state index in [9.17, 15) is 0 Å². The van der Waals surface area contributed by atoms with E-state index in [1.54, 1.807) is 0 Å². The Labute approximate surface area is 320 Å². The van der Waals surface area contributed by atoms with Crippen LogP contribution < -0.4 is 10.6 Å². The zero-order valence-corrected chi connectivity index (χ0v) is 32.9. The van der Waals surface area contributed by atoms with Crippen LogP contribution in [0.3, 0.4) is 0 Å². The molecule has 0 aliphatic carbocycles. The Bertz CT molecular complexity index is 2350. The predicted molar refractivity (Wildman–Crippen MR) is 234 cm³/mol. The summed E-state index contributed by atoms with van der Waals surface area (Å²) in [5, 5.41) is 14.7. The Hall–Kier alpha value is -5.74. The van der Waals surface area contributed by atoms with Crippen LogP contribution in [0.4, 0.5) is 22.7 Å². The molecule has 2 heterocycles. The van der Waals surface area contributed by atoms with Crippen molar-refractivity contribution in [2.45, 2.75) is 79.1 Å². The van der Waals surface area contributed by atoms with Crippen LogP contribution in [0, 0.1) is 0 Å². The summed E-state index contributed by atoms with van der Waals surface area (Å²) in [5.41, 5.74) is 12.2. The largest absolute Gasteiger partial charge is 0.354 e. The molecule has 4 heteroatoms. The van der Waals surface area contributed by atoms with Gasteiger partial charge >= 0.3 is 0 Å². The lowest BCUT2D eigenvalue weighted by Crippen LogP contribution is -2.04. The van der Waals surface area contributed by atoms with Crippen LogP contribution in [0.1, 0.15) is 101 Å². The normalized spacial score (nSPS) is 11.6. The van der Waals surface area contributed by atoms with E-state index in [4.69, 9.17) is 0 Å². The number of benzene rings is 6. The first-order valence-electron chi connectivity index (χ1n) is 19.4. The second-order valence-corrected chi connectivity index (χ2v) is 15.6. The van der Waals surface area contributed by atoms with Gasteiger partial charge in [0, 0.05) is 56.7 Å². The van der Waals surface area contributed by atoms with Crippen LogP contribution >= 0.6 is 0 Å². The van der Waals surface area contributed by atoms with Crippen molar-refractivity contribution >= 4 is 66.1 Å². The van der Waals surface area contributed by atoms with Gasteiger partial charge in [-0.25, -0.2) is 0 Å². The maximum atomic E-state index is 4.69. The van der Waals surface area contributed by atoms with Gasteiger partial charge in [-0.15, -0.1) is 0 Å². The standard InChI is InChI=1S/2C25H26N2/c2*1-16(2)20-10-6-11-21(17(3)4)25(20)27-22-12-5-8-18-13-14-19-9-7-15-26-24(19)23(18)22/h2*5-17,27H,1-4H3. The minimum Gasteiger partial charge on any atom is -0.354 e. The van der Waals surface area contributed by atoms with Crippen LogP contribution in [-0.4, -0.2) is 9.97 Å². The van der Waals surface area contributed by atoms with E-state index in [2.05, 4.69) is 185 Å². The van der Waals surface area contributed by atoms with E-state index in [0.717, 1.165) is 22.4 Å².